The van der Waals surface area contributed by atoms with Crippen LogP contribution in [0.3, 0.4) is 0 Å². The van der Waals surface area contributed by atoms with Gasteiger partial charge in [0.2, 0.25) is 0 Å². The highest BCUT2D eigenvalue weighted by molar-refractivity contribution is 6.00. The third-order valence-corrected chi connectivity index (χ3v) is 3.35. The minimum atomic E-state index is 0.129. The third kappa shape index (κ3) is 1.46. The first-order valence-corrected chi connectivity index (χ1v) is 6.10. The van der Waals surface area contributed by atoms with Crippen molar-refractivity contribution < 1.29 is 14.9 Å². The Bertz CT molecular complexity index is 847. The van der Waals surface area contributed by atoms with Crippen molar-refractivity contribution in [3.05, 3.63) is 53.9 Å². The standard InChI is InChI=1S/C15H10N2O3/c18-9-3-1-8(2-4-9)11-7-20-13-6-10(19)5-12-14(13)15(11)17-16-12/h1-7,18-19H,(H,16,17). The molecule has 1 aliphatic heterocycles. The molecule has 3 N–H and O–H groups in total. The van der Waals surface area contributed by atoms with Crippen molar-refractivity contribution in [3.8, 4) is 17.2 Å². The van der Waals surface area contributed by atoms with E-state index >= 15 is 0 Å². The van der Waals surface area contributed by atoms with Crippen LogP contribution in [0.4, 0.5) is 0 Å². The number of hydrogen-bond donors (Lipinski definition) is 3. The molecule has 0 atom stereocenters. The third-order valence-electron chi connectivity index (χ3n) is 3.35. The van der Waals surface area contributed by atoms with Gasteiger partial charge in [-0.3, -0.25) is 5.10 Å². The fourth-order valence-corrected chi connectivity index (χ4v) is 2.42. The van der Waals surface area contributed by atoms with Gasteiger partial charge in [-0.05, 0) is 17.7 Å². The Balaban J connectivity index is 1.93. The Morgan fingerprint density at radius 2 is 1.80 bits per heavy atom. The average Bonchev–Trinajstić information content (AvgIpc) is 2.85. The number of phenols is 2. The quantitative estimate of drug-likeness (QED) is 0.632. The van der Waals surface area contributed by atoms with Gasteiger partial charge in [0.25, 0.3) is 0 Å². The van der Waals surface area contributed by atoms with Crippen molar-refractivity contribution in [2.75, 3.05) is 0 Å². The van der Waals surface area contributed by atoms with Gasteiger partial charge in [0.1, 0.15) is 29.2 Å². The van der Waals surface area contributed by atoms with Crippen LogP contribution < -0.4 is 4.74 Å². The van der Waals surface area contributed by atoms with Gasteiger partial charge < -0.3 is 14.9 Å². The molecule has 0 radical (unpaired) electrons. The lowest BCUT2D eigenvalue weighted by molar-refractivity contribution is 0.457. The molecule has 4 rings (SSSR count). The van der Waals surface area contributed by atoms with E-state index in [0.29, 0.717) is 5.75 Å². The van der Waals surface area contributed by atoms with Crippen LogP contribution in [0.25, 0.3) is 16.5 Å². The predicted molar refractivity (Wildman–Crippen MR) is 73.6 cm³/mol. The minimum absolute atomic E-state index is 0.129. The molecule has 98 valence electrons. The number of aromatic nitrogens is 2. The zero-order valence-corrected chi connectivity index (χ0v) is 10.3. The lowest BCUT2D eigenvalue weighted by atomic mass is 9.99. The summed E-state index contributed by atoms with van der Waals surface area (Å²) in [5.41, 5.74) is 3.22. The molecule has 0 saturated carbocycles. The lowest BCUT2D eigenvalue weighted by Crippen LogP contribution is -1.98. The maximum atomic E-state index is 9.61. The van der Waals surface area contributed by atoms with Gasteiger partial charge in [0, 0.05) is 17.7 Å². The molecule has 0 unspecified atom stereocenters. The summed E-state index contributed by atoms with van der Waals surface area (Å²) in [5.74, 6) is 0.916. The molecule has 1 aromatic heterocycles. The molecule has 2 heterocycles. The molecule has 2 aromatic carbocycles. The van der Waals surface area contributed by atoms with E-state index in [-0.39, 0.29) is 11.5 Å². The van der Waals surface area contributed by atoms with Crippen molar-refractivity contribution >= 4 is 16.5 Å². The molecule has 0 saturated heterocycles. The smallest absolute Gasteiger partial charge is 0.141 e. The fourth-order valence-electron chi connectivity index (χ4n) is 2.42. The van der Waals surface area contributed by atoms with Crippen LogP contribution in [-0.4, -0.2) is 20.4 Å². The second-order valence-corrected chi connectivity index (χ2v) is 4.63. The first kappa shape index (κ1) is 10.9. The van der Waals surface area contributed by atoms with Crippen molar-refractivity contribution in [2.24, 2.45) is 0 Å². The molecule has 0 aliphatic carbocycles. The van der Waals surface area contributed by atoms with E-state index in [4.69, 9.17) is 4.74 Å². The zero-order chi connectivity index (χ0) is 13.7. The first-order valence-electron chi connectivity index (χ1n) is 6.10. The molecule has 5 heteroatoms. The Morgan fingerprint density at radius 3 is 2.60 bits per heavy atom. The second kappa shape index (κ2) is 3.77. The Hall–Kier alpha value is -2.95. The second-order valence-electron chi connectivity index (χ2n) is 4.63. The molecule has 20 heavy (non-hydrogen) atoms. The van der Waals surface area contributed by atoms with Crippen LogP contribution in [0.2, 0.25) is 0 Å². The summed E-state index contributed by atoms with van der Waals surface area (Å²) in [6.07, 6.45) is 1.60. The number of aromatic amines is 1. The zero-order valence-electron chi connectivity index (χ0n) is 10.3. The van der Waals surface area contributed by atoms with Gasteiger partial charge in [-0.15, -0.1) is 0 Å². The highest BCUT2D eigenvalue weighted by Crippen LogP contribution is 2.40. The van der Waals surface area contributed by atoms with Gasteiger partial charge in [-0.2, -0.15) is 5.10 Å². The van der Waals surface area contributed by atoms with E-state index in [2.05, 4.69) is 10.2 Å². The number of nitrogens with one attached hydrogen (secondary N) is 1. The van der Waals surface area contributed by atoms with Gasteiger partial charge in [0.05, 0.1) is 10.9 Å². The predicted octanol–water partition coefficient (Wildman–Crippen LogP) is 2.76. The Labute approximate surface area is 113 Å². The minimum Gasteiger partial charge on any atom is -0.508 e. The van der Waals surface area contributed by atoms with Gasteiger partial charge >= 0.3 is 0 Å². The summed E-state index contributed by atoms with van der Waals surface area (Å²) in [5, 5.41) is 27.0. The lowest BCUT2D eigenvalue weighted by Gasteiger charge is -2.14. The Kier molecular flexibility index (Phi) is 2.06. The van der Waals surface area contributed by atoms with E-state index in [1.165, 1.54) is 0 Å². The van der Waals surface area contributed by atoms with E-state index in [1.807, 2.05) is 0 Å². The number of benzene rings is 2. The normalized spacial score (nSPS) is 13.1. The molecule has 0 amide bonds. The number of phenolic OH excluding ortho intramolecular Hbond substituents is 2. The largest absolute Gasteiger partial charge is 0.508 e. The number of ether oxygens (including phenoxy) is 1. The summed E-state index contributed by atoms with van der Waals surface area (Å²) in [7, 11) is 0. The maximum Gasteiger partial charge on any atom is 0.141 e. The number of aromatic hydroxyl groups is 2. The molecule has 0 spiro atoms. The molecule has 0 bridgehead atoms. The highest BCUT2D eigenvalue weighted by Gasteiger charge is 2.21. The van der Waals surface area contributed by atoms with E-state index in [9.17, 15) is 10.2 Å². The number of rotatable bonds is 1. The van der Waals surface area contributed by atoms with Crippen molar-refractivity contribution in [1.29, 1.82) is 0 Å². The van der Waals surface area contributed by atoms with Gasteiger partial charge in [-0.25, -0.2) is 0 Å². The molecule has 5 nitrogen and oxygen atoms in total. The SMILES string of the molecule is Oc1ccc(C2=COc3cc(O)cc4[nH]nc2c34)cc1. The van der Waals surface area contributed by atoms with Crippen LogP contribution in [0.15, 0.2) is 42.7 Å². The van der Waals surface area contributed by atoms with Crippen LogP contribution >= 0.6 is 0 Å². The molecule has 0 fully saturated rings. The maximum absolute atomic E-state index is 9.61. The van der Waals surface area contributed by atoms with Crippen LogP contribution in [0.1, 0.15) is 11.3 Å². The van der Waals surface area contributed by atoms with Crippen molar-refractivity contribution in [3.63, 3.8) is 0 Å². The van der Waals surface area contributed by atoms with Crippen LogP contribution in [-0.2, 0) is 0 Å². The summed E-state index contributed by atoms with van der Waals surface area (Å²) in [6.45, 7) is 0. The fraction of sp³-hybridized carbons (Fsp3) is 0. The molecular formula is C15H10N2O3. The van der Waals surface area contributed by atoms with E-state index in [0.717, 1.165) is 27.7 Å². The van der Waals surface area contributed by atoms with Crippen molar-refractivity contribution in [1.82, 2.24) is 10.2 Å². The van der Waals surface area contributed by atoms with Crippen LogP contribution in [0, 0.1) is 0 Å². The summed E-state index contributed by atoms with van der Waals surface area (Å²) in [4.78, 5) is 0. The van der Waals surface area contributed by atoms with E-state index in [1.54, 1.807) is 42.7 Å². The summed E-state index contributed by atoms with van der Waals surface area (Å²) >= 11 is 0. The van der Waals surface area contributed by atoms with E-state index < -0.39 is 0 Å². The monoisotopic (exact) mass is 266 g/mol. The average molecular weight is 266 g/mol. The van der Waals surface area contributed by atoms with Crippen LogP contribution in [0.5, 0.6) is 17.2 Å². The number of nitrogens with zero attached hydrogens (tertiary/aromatic N) is 1. The van der Waals surface area contributed by atoms with Crippen molar-refractivity contribution in [2.45, 2.75) is 0 Å². The van der Waals surface area contributed by atoms with Gasteiger partial charge in [0.15, 0.2) is 0 Å². The molecule has 3 aromatic rings. The number of H-pyrrole nitrogens is 1. The number of hydrogen-bond acceptors (Lipinski definition) is 4. The highest BCUT2D eigenvalue weighted by atomic mass is 16.5. The molecular weight excluding hydrogens is 256 g/mol. The topological polar surface area (TPSA) is 78.4 Å². The summed E-state index contributed by atoms with van der Waals surface area (Å²) in [6, 6.07) is 10.0. The summed E-state index contributed by atoms with van der Waals surface area (Å²) < 4.78 is 5.59. The molecule has 1 aliphatic rings. The Morgan fingerprint density at radius 1 is 1.00 bits per heavy atom. The van der Waals surface area contributed by atoms with Gasteiger partial charge in [-0.1, -0.05) is 12.1 Å². The first-order chi connectivity index (χ1) is 9.72.